The Morgan fingerprint density at radius 3 is 2.49 bits per heavy atom. The zero-order valence-electron chi connectivity index (χ0n) is 23.1. The maximum absolute atomic E-state index is 13.4. The molecular weight excluding hydrogens is 502 g/mol. The smallest absolute Gasteiger partial charge is 0.326 e. The van der Waals surface area contributed by atoms with Gasteiger partial charge in [-0.2, -0.15) is 0 Å². The highest BCUT2D eigenvalue weighted by atomic mass is 16.5. The number of rotatable bonds is 7. The lowest BCUT2D eigenvalue weighted by Crippen LogP contribution is -2.58. The average Bonchev–Trinajstić information content (AvgIpc) is 3.50. The van der Waals surface area contributed by atoms with Crippen LogP contribution in [0.1, 0.15) is 90.9 Å². The lowest BCUT2D eigenvalue weighted by Gasteiger charge is -2.58. The van der Waals surface area contributed by atoms with Crippen molar-refractivity contribution in [2.24, 2.45) is 28.6 Å². The Morgan fingerprint density at radius 2 is 1.74 bits per heavy atom. The highest BCUT2D eigenvalue weighted by molar-refractivity contribution is 5.92. The first kappa shape index (κ1) is 28.0. The number of aliphatic hydroxyl groups is 1. The second-order valence-corrected chi connectivity index (χ2v) is 13.0. The minimum Gasteiger partial charge on any atom is -0.480 e. The first-order valence-electron chi connectivity index (χ1n) is 14.6. The van der Waals surface area contributed by atoms with Gasteiger partial charge in [0, 0.05) is 24.8 Å². The monoisotopic (exact) mass is 543 g/mol. The fraction of sp³-hybridized carbons (Fsp3) is 0.767. The summed E-state index contributed by atoms with van der Waals surface area (Å²) < 4.78 is 5.22. The van der Waals surface area contributed by atoms with Gasteiger partial charge in [0.2, 0.25) is 11.7 Å². The molecule has 2 N–H and O–H groups in total. The molecule has 3 saturated carbocycles. The first-order chi connectivity index (χ1) is 18.4. The van der Waals surface area contributed by atoms with E-state index in [1.807, 2.05) is 13.0 Å². The van der Waals surface area contributed by atoms with E-state index >= 15 is 0 Å². The minimum atomic E-state index is -1.57. The zero-order valence-corrected chi connectivity index (χ0v) is 23.1. The van der Waals surface area contributed by atoms with Gasteiger partial charge in [-0.3, -0.25) is 19.2 Å². The second kappa shape index (κ2) is 10.1. The second-order valence-electron chi connectivity index (χ2n) is 13.0. The maximum atomic E-state index is 13.4. The van der Waals surface area contributed by atoms with E-state index in [0.717, 1.165) is 32.1 Å². The number of carboxylic acid groups (broad SMARTS) is 1. The molecule has 4 fully saturated rings. The average molecular weight is 544 g/mol. The molecule has 0 aromatic carbocycles. The lowest BCUT2D eigenvalue weighted by atomic mass is 9.46. The van der Waals surface area contributed by atoms with Crippen molar-refractivity contribution in [2.45, 2.75) is 103 Å². The number of carbonyl (C=O) groups excluding carboxylic acids is 4. The molecule has 7 atom stereocenters. The summed E-state index contributed by atoms with van der Waals surface area (Å²) in [6.07, 6.45) is 8.48. The number of ether oxygens (including phenoxy) is 1. The van der Waals surface area contributed by atoms with Crippen LogP contribution in [0.4, 0.5) is 0 Å². The van der Waals surface area contributed by atoms with Crippen molar-refractivity contribution in [1.29, 1.82) is 0 Å². The molecule has 1 aliphatic heterocycles. The molecule has 0 radical (unpaired) electrons. The van der Waals surface area contributed by atoms with E-state index in [-0.39, 0.29) is 30.0 Å². The van der Waals surface area contributed by atoms with Gasteiger partial charge in [0.25, 0.3) is 0 Å². The Kier molecular flexibility index (Phi) is 7.27. The summed E-state index contributed by atoms with van der Waals surface area (Å²) >= 11 is 0. The van der Waals surface area contributed by atoms with Crippen LogP contribution in [0.3, 0.4) is 0 Å². The number of fused-ring (bicyclic) bond motifs is 5. The van der Waals surface area contributed by atoms with Crippen LogP contribution in [-0.4, -0.2) is 69.3 Å². The third-order valence-electron chi connectivity index (χ3n) is 11.3. The third-order valence-corrected chi connectivity index (χ3v) is 11.3. The van der Waals surface area contributed by atoms with Gasteiger partial charge in [-0.05, 0) is 87.0 Å². The molecule has 1 saturated heterocycles. The topological polar surface area (TPSA) is 138 Å². The number of carboxylic acids is 1. The molecule has 0 aromatic heterocycles. The van der Waals surface area contributed by atoms with Crippen molar-refractivity contribution in [2.75, 3.05) is 13.2 Å². The van der Waals surface area contributed by atoms with Crippen molar-refractivity contribution < 1.29 is 38.9 Å². The van der Waals surface area contributed by atoms with E-state index in [9.17, 15) is 34.2 Å². The minimum absolute atomic E-state index is 0.00931. The van der Waals surface area contributed by atoms with E-state index in [1.54, 1.807) is 0 Å². The Labute approximate surface area is 229 Å². The Bertz CT molecular complexity index is 1110. The number of aliphatic carboxylic acids is 1. The van der Waals surface area contributed by atoms with Gasteiger partial charge in [-0.25, -0.2) is 4.79 Å². The molecule has 5 aliphatic rings. The van der Waals surface area contributed by atoms with E-state index in [4.69, 9.17) is 4.74 Å². The number of ketones is 2. The highest BCUT2D eigenvalue weighted by Gasteiger charge is 2.66. The highest BCUT2D eigenvalue weighted by Crippen LogP contribution is 2.67. The molecule has 5 rings (SSSR count). The summed E-state index contributed by atoms with van der Waals surface area (Å²) in [6, 6.07) is -0.856. The first-order valence-corrected chi connectivity index (χ1v) is 14.6. The Morgan fingerprint density at radius 1 is 1.00 bits per heavy atom. The van der Waals surface area contributed by atoms with E-state index in [1.165, 1.54) is 10.5 Å². The number of allylic oxidation sites excluding steroid dienone is 1. The molecule has 0 aromatic rings. The third kappa shape index (κ3) is 4.54. The van der Waals surface area contributed by atoms with Gasteiger partial charge in [0.05, 0.1) is 6.42 Å². The molecule has 4 aliphatic carbocycles. The number of nitrogens with zero attached hydrogens (tertiary/aromatic N) is 1. The molecule has 1 heterocycles. The summed E-state index contributed by atoms with van der Waals surface area (Å²) in [5, 5.41) is 21.0. The number of esters is 1. The summed E-state index contributed by atoms with van der Waals surface area (Å²) in [5.41, 5.74) is -0.878. The van der Waals surface area contributed by atoms with Crippen LogP contribution in [0.2, 0.25) is 0 Å². The quantitative estimate of drug-likeness (QED) is 0.467. The zero-order chi connectivity index (χ0) is 28.2. The van der Waals surface area contributed by atoms with Gasteiger partial charge < -0.3 is 19.8 Å². The number of likely N-dealkylation sites (tertiary alicyclic amines) is 1. The van der Waals surface area contributed by atoms with Crippen LogP contribution in [-0.2, 0) is 28.7 Å². The lowest BCUT2D eigenvalue weighted by molar-refractivity contribution is -0.170. The molecule has 0 unspecified atom stereocenters. The fourth-order valence-corrected chi connectivity index (χ4v) is 9.05. The standard InChI is InChI=1S/C30H41NO8/c1-28-12-9-19(32)16-18(28)5-6-20-21(28)10-13-29(2)22(20)11-14-30(29,38)24(33)17-39-26(35)8-7-25(34)31-15-3-4-23(31)27(36)37/h16,20-23,38H,3-15,17H2,1-2H3,(H,36,37)/t20-,21+,22-,23-,28+,29+,30+/m1/s1. The van der Waals surface area contributed by atoms with Crippen molar-refractivity contribution in [3.8, 4) is 0 Å². The summed E-state index contributed by atoms with van der Waals surface area (Å²) in [4.78, 5) is 62.9. The molecule has 0 spiro atoms. The Balaban J connectivity index is 1.18. The number of hydrogen-bond donors (Lipinski definition) is 2. The van der Waals surface area contributed by atoms with Gasteiger partial charge in [-0.15, -0.1) is 0 Å². The van der Waals surface area contributed by atoms with E-state index < -0.39 is 47.3 Å². The van der Waals surface area contributed by atoms with Gasteiger partial charge in [-0.1, -0.05) is 19.4 Å². The molecule has 0 bridgehead atoms. The van der Waals surface area contributed by atoms with Crippen molar-refractivity contribution in [1.82, 2.24) is 4.90 Å². The molecule has 9 heteroatoms. The summed E-state index contributed by atoms with van der Waals surface area (Å²) in [6.45, 7) is 4.14. The fourth-order valence-electron chi connectivity index (χ4n) is 9.05. The predicted molar refractivity (Wildman–Crippen MR) is 139 cm³/mol. The summed E-state index contributed by atoms with van der Waals surface area (Å²) in [7, 11) is 0. The molecule has 214 valence electrons. The van der Waals surface area contributed by atoms with Crippen LogP contribution >= 0.6 is 0 Å². The largest absolute Gasteiger partial charge is 0.480 e. The van der Waals surface area contributed by atoms with Crippen molar-refractivity contribution in [3.05, 3.63) is 11.6 Å². The molecule has 1 amide bonds. The van der Waals surface area contributed by atoms with Crippen molar-refractivity contribution >= 4 is 29.4 Å². The number of amides is 1. The summed E-state index contributed by atoms with van der Waals surface area (Å²) in [5.74, 6) is -1.41. The van der Waals surface area contributed by atoms with Gasteiger partial charge in [0.1, 0.15) is 11.6 Å². The van der Waals surface area contributed by atoms with Crippen LogP contribution in [0.15, 0.2) is 11.6 Å². The normalized spacial score (nSPS) is 39.3. The Hall–Kier alpha value is -2.55. The molecule has 9 nitrogen and oxygen atoms in total. The number of carbonyl (C=O) groups is 5. The SMILES string of the molecule is C[C@]12CCC(=O)C=C1CC[C@H]1[C@H]3CC[C@](O)(C(=O)COC(=O)CCC(=O)N4CCC[C@@H]4C(=O)O)[C@@]3(C)CC[C@@H]12. The van der Waals surface area contributed by atoms with Crippen LogP contribution < -0.4 is 0 Å². The molecular formula is C30H41NO8. The van der Waals surface area contributed by atoms with Crippen LogP contribution in [0.25, 0.3) is 0 Å². The van der Waals surface area contributed by atoms with Crippen LogP contribution in [0.5, 0.6) is 0 Å². The van der Waals surface area contributed by atoms with Gasteiger partial charge in [0.15, 0.2) is 12.4 Å². The van der Waals surface area contributed by atoms with E-state index in [2.05, 4.69) is 6.92 Å². The van der Waals surface area contributed by atoms with Crippen molar-refractivity contribution in [3.63, 3.8) is 0 Å². The maximum Gasteiger partial charge on any atom is 0.326 e. The van der Waals surface area contributed by atoms with Crippen LogP contribution in [0, 0.1) is 28.6 Å². The predicted octanol–water partition coefficient (Wildman–Crippen LogP) is 3.22. The number of Topliss-reactive ketones (excluding diaryl/α,β-unsaturated/α-hetero) is 1. The van der Waals surface area contributed by atoms with Gasteiger partial charge >= 0.3 is 11.9 Å². The number of hydrogen-bond acceptors (Lipinski definition) is 7. The molecule has 39 heavy (non-hydrogen) atoms. The van der Waals surface area contributed by atoms with E-state index in [0.29, 0.717) is 50.5 Å².